The van der Waals surface area contributed by atoms with Crippen LogP contribution >= 0.6 is 0 Å². The molecule has 0 saturated carbocycles. The van der Waals surface area contributed by atoms with E-state index < -0.39 is 9.84 Å². The van der Waals surface area contributed by atoms with Gasteiger partial charge in [-0.3, -0.25) is 0 Å². The van der Waals surface area contributed by atoms with Crippen LogP contribution in [0, 0.1) is 0 Å². The number of nitrogens with zero attached hydrogens (tertiary/aromatic N) is 3. The Morgan fingerprint density at radius 3 is 2.78 bits per heavy atom. The van der Waals surface area contributed by atoms with Crippen molar-refractivity contribution >= 4 is 15.8 Å². The normalized spacial score (nSPS) is 25.4. The molecule has 27 heavy (non-hydrogen) atoms. The van der Waals surface area contributed by atoms with E-state index >= 15 is 0 Å². The summed E-state index contributed by atoms with van der Waals surface area (Å²) in [4.78, 5) is 12.1. The molecular weight excluding hydrogens is 358 g/mol. The van der Waals surface area contributed by atoms with Crippen LogP contribution in [0.5, 0.6) is 0 Å². The molecule has 5 rings (SSSR count). The van der Waals surface area contributed by atoms with Crippen LogP contribution in [0.2, 0.25) is 0 Å². The van der Waals surface area contributed by atoms with Crippen LogP contribution in [-0.2, 0) is 22.7 Å². The number of hydrogen-bond acceptors (Lipinski definition) is 5. The quantitative estimate of drug-likeness (QED) is 0.817. The number of sulfone groups is 1. The van der Waals surface area contributed by atoms with Crippen molar-refractivity contribution in [1.82, 2.24) is 9.97 Å². The summed E-state index contributed by atoms with van der Waals surface area (Å²) in [6.45, 7) is 3.23. The highest BCUT2D eigenvalue weighted by Gasteiger charge is 2.29. The number of benzene rings is 1. The van der Waals surface area contributed by atoms with Gasteiger partial charge in [-0.15, -0.1) is 0 Å². The number of anilines is 1. The molecule has 1 aliphatic carbocycles. The first-order valence-electron chi connectivity index (χ1n) is 9.68. The molecule has 2 aromatic rings. The van der Waals surface area contributed by atoms with Crippen molar-refractivity contribution in [2.24, 2.45) is 0 Å². The van der Waals surface area contributed by atoms with Gasteiger partial charge in [-0.05, 0) is 44.2 Å². The highest BCUT2D eigenvalue weighted by Crippen LogP contribution is 2.35. The Kier molecular flexibility index (Phi) is 3.86. The number of rotatable bonds is 3. The highest BCUT2D eigenvalue weighted by atomic mass is 32.2. The average molecular weight is 382 g/mol. The van der Waals surface area contributed by atoms with E-state index in [4.69, 9.17) is 9.97 Å². The first-order valence-corrected chi connectivity index (χ1v) is 11.4. The fourth-order valence-electron chi connectivity index (χ4n) is 4.30. The van der Waals surface area contributed by atoms with E-state index in [0.29, 0.717) is 6.04 Å². The van der Waals surface area contributed by atoms with E-state index in [-0.39, 0.29) is 11.7 Å². The summed E-state index contributed by atoms with van der Waals surface area (Å²) in [6, 6.07) is 8.72. The van der Waals surface area contributed by atoms with Crippen LogP contribution in [0.1, 0.15) is 42.5 Å². The minimum absolute atomic E-state index is 0.0697. The monoisotopic (exact) mass is 381 g/mol. The summed E-state index contributed by atoms with van der Waals surface area (Å²) in [5, 5.41) is 1.34. The number of fused-ring (bicyclic) bond motifs is 1. The molecule has 1 aromatic carbocycles. The summed E-state index contributed by atoms with van der Waals surface area (Å²) in [7, 11) is -3.06. The predicted octanol–water partition coefficient (Wildman–Crippen LogP) is 3.26. The SMILES string of the molecule is CC1CCN1c1nc2c(c(-c3cccc([C@@H]4C=CS(=O)(=O)C4)c3)n1)CCC2. The molecule has 5 nitrogen and oxygen atoms in total. The van der Waals surface area contributed by atoms with E-state index in [1.54, 1.807) is 6.08 Å². The molecular formula is C21H23N3O2S. The molecule has 6 heteroatoms. The van der Waals surface area contributed by atoms with Gasteiger partial charge in [-0.25, -0.2) is 18.4 Å². The third kappa shape index (κ3) is 2.96. The summed E-state index contributed by atoms with van der Waals surface area (Å²) in [6.07, 6.45) is 6.14. The number of aryl methyl sites for hydroxylation is 1. The second kappa shape index (κ2) is 6.16. The fourth-order valence-corrected chi connectivity index (χ4v) is 5.64. The van der Waals surface area contributed by atoms with Gasteiger partial charge in [0.2, 0.25) is 5.95 Å². The molecule has 1 aromatic heterocycles. The van der Waals surface area contributed by atoms with Gasteiger partial charge in [-0.2, -0.15) is 0 Å². The maximum atomic E-state index is 11.8. The summed E-state index contributed by atoms with van der Waals surface area (Å²) in [5.41, 5.74) is 5.58. The topological polar surface area (TPSA) is 63.2 Å². The zero-order chi connectivity index (χ0) is 18.6. The van der Waals surface area contributed by atoms with Crippen LogP contribution in [0.3, 0.4) is 0 Å². The highest BCUT2D eigenvalue weighted by molar-refractivity contribution is 7.94. The minimum atomic E-state index is -3.06. The third-order valence-corrected chi connectivity index (χ3v) is 7.41. The van der Waals surface area contributed by atoms with Crippen molar-refractivity contribution in [3.05, 3.63) is 52.6 Å². The van der Waals surface area contributed by atoms with E-state index in [1.807, 2.05) is 12.1 Å². The molecule has 0 amide bonds. The van der Waals surface area contributed by atoms with Gasteiger partial charge < -0.3 is 4.90 Å². The van der Waals surface area contributed by atoms with Crippen LogP contribution in [0.4, 0.5) is 5.95 Å². The maximum Gasteiger partial charge on any atom is 0.226 e. The van der Waals surface area contributed by atoms with Gasteiger partial charge in [0, 0.05) is 40.7 Å². The van der Waals surface area contributed by atoms with Gasteiger partial charge in [-0.1, -0.05) is 24.3 Å². The molecule has 1 saturated heterocycles. The van der Waals surface area contributed by atoms with Crippen molar-refractivity contribution in [2.75, 3.05) is 17.2 Å². The zero-order valence-corrected chi connectivity index (χ0v) is 16.2. The molecule has 2 aliphatic heterocycles. The first-order chi connectivity index (χ1) is 13.0. The van der Waals surface area contributed by atoms with E-state index in [2.05, 4.69) is 24.0 Å². The van der Waals surface area contributed by atoms with Crippen molar-refractivity contribution in [3.63, 3.8) is 0 Å². The lowest BCUT2D eigenvalue weighted by atomic mass is 9.96. The lowest BCUT2D eigenvalue weighted by Crippen LogP contribution is -2.46. The van der Waals surface area contributed by atoms with Gasteiger partial charge in [0.25, 0.3) is 0 Å². The minimum Gasteiger partial charge on any atom is -0.338 e. The second-order valence-electron chi connectivity index (χ2n) is 7.87. The van der Waals surface area contributed by atoms with E-state index in [0.717, 1.165) is 48.6 Å². The molecule has 3 aliphatic rings. The third-order valence-electron chi connectivity index (χ3n) is 6.02. The zero-order valence-electron chi connectivity index (χ0n) is 15.4. The number of aromatic nitrogens is 2. The fraction of sp³-hybridized carbons (Fsp3) is 0.429. The van der Waals surface area contributed by atoms with Gasteiger partial charge in [0.1, 0.15) is 0 Å². The molecule has 0 bridgehead atoms. The Morgan fingerprint density at radius 2 is 2.07 bits per heavy atom. The van der Waals surface area contributed by atoms with Crippen LogP contribution in [0.15, 0.2) is 35.7 Å². The average Bonchev–Trinajstić information content (AvgIpc) is 3.26. The first kappa shape index (κ1) is 16.9. The van der Waals surface area contributed by atoms with Crippen molar-refractivity contribution < 1.29 is 8.42 Å². The lowest BCUT2D eigenvalue weighted by molar-refractivity contribution is 0.470. The second-order valence-corrected chi connectivity index (χ2v) is 9.80. The van der Waals surface area contributed by atoms with Crippen LogP contribution < -0.4 is 4.90 Å². The van der Waals surface area contributed by atoms with Gasteiger partial charge in [0.15, 0.2) is 9.84 Å². The van der Waals surface area contributed by atoms with Crippen LogP contribution in [-0.4, -0.2) is 36.7 Å². The largest absolute Gasteiger partial charge is 0.338 e. The maximum absolute atomic E-state index is 11.8. The molecule has 0 radical (unpaired) electrons. The van der Waals surface area contributed by atoms with Crippen LogP contribution in [0.25, 0.3) is 11.3 Å². The van der Waals surface area contributed by atoms with E-state index in [1.165, 1.54) is 23.1 Å². The van der Waals surface area contributed by atoms with Gasteiger partial charge >= 0.3 is 0 Å². The molecule has 0 N–H and O–H groups in total. The van der Waals surface area contributed by atoms with Crippen molar-refractivity contribution in [2.45, 2.75) is 44.6 Å². The summed E-state index contributed by atoms with van der Waals surface area (Å²) >= 11 is 0. The Bertz CT molecular complexity index is 1050. The molecule has 2 atom stereocenters. The van der Waals surface area contributed by atoms with Gasteiger partial charge in [0.05, 0.1) is 11.4 Å². The van der Waals surface area contributed by atoms with Crippen molar-refractivity contribution in [3.8, 4) is 11.3 Å². The molecule has 1 unspecified atom stereocenters. The Morgan fingerprint density at radius 1 is 1.19 bits per heavy atom. The summed E-state index contributed by atoms with van der Waals surface area (Å²) in [5.74, 6) is 0.937. The molecule has 140 valence electrons. The molecule has 0 spiro atoms. The number of hydrogen-bond donors (Lipinski definition) is 0. The molecule has 1 fully saturated rings. The number of allylic oxidation sites excluding steroid dienone is 1. The predicted molar refractivity (Wildman–Crippen MR) is 107 cm³/mol. The Hall–Kier alpha value is -2.21. The Balaban J connectivity index is 1.57. The lowest BCUT2D eigenvalue weighted by Gasteiger charge is -2.39. The van der Waals surface area contributed by atoms with E-state index in [9.17, 15) is 8.42 Å². The molecule has 3 heterocycles. The Labute approximate surface area is 160 Å². The smallest absolute Gasteiger partial charge is 0.226 e. The van der Waals surface area contributed by atoms with Crippen molar-refractivity contribution in [1.29, 1.82) is 0 Å². The summed E-state index contributed by atoms with van der Waals surface area (Å²) < 4.78 is 23.6. The standard InChI is InChI=1S/C21H23N3O2S/c1-14-8-10-24(14)21-22-19-7-3-6-18(19)20(23-21)16-5-2-4-15(12-16)17-9-11-27(25,26)13-17/h2,4-5,9,11-12,14,17H,3,6-8,10,13H2,1H3/t14?,17-/m1/s1.